The van der Waals surface area contributed by atoms with E-state index in [2.05, 4.69) is 4.98 Å². The zero-order valence-corrected chi connectivity index (χ0v) is 12.5. The molecule has 6 nitrogen and oxygen atoms in total. The number of hydrogen-bond donors (Lipinski definition) is 1. The van der Waals surface area contributed by atoms with Crippen molar-refractivity contribution in [3.05, 3.63) is 22.8 Å². The lowest BCUT2D eigenvalue weighted by molar-refractivity contribution is -0.137. The van der Waals surface area contributed by atoms with Crippen LogP contribution < -0.4 is 4.74 Å². The fraction of sp³-hybridized carbons (Fsp3) is 0.500. The number of aliphatic carboxylic acids is 1. The highest BCUT2D eigenvalue weighted by Crippen LogP contribution is 2.26. The number of pyridine rings is 1. The maximum Gasteiger partial charge on any atom is 0.305 e. The van der Waals surface area contributed by atoms with Gasteiger partial charge in [0.2, 0.25) is 5.88 Å². The van der Waals surface area contributed by atoms with Gasteiger partial charge >= 0.3 is 5.97 Å². The molecule has 1 aromatic heterocycles. The van der Waals surface area contributed by atoms with Crippen LogP contribution in [0.1, 0.15) is 36.5 Å². The fourth-order valence-corrected chi connectivity index (χ4v) is 2.69. The number of rotatable bonds is 5. The quantitative estimate of drug-likeness (QED) is 0.901. The van der Waals surface area contributed by atoms with Gasteiger partial charge in [-0.15, -0.1) is 0 Å². The number of carbonyl (C=O) groups excluding carboxylic acids is 1. The normalized spacial score (nSPS) is 17.8. The molecule has 2 heterocycles. The summed E-state index contributed by atoms with van der Waals surface area (Å²) in [5, 5.41) is 9.17. The van der Waals surface area contributed by atoms with Crippen LogP contribution in [-0.4, -0.2) is 46.1 Å². The van der Waals surface area contributed by atoms with Gasteiger partial charge in [0.15, 0.2) is 0 Å². The Bertz CT molecular complexity index is 550. The number of carboxylic acids is 1. The fourth-order valence-electron chi connectivity index (χ4n) is 2.47. The Labute approximate surface area is 127 Å². The number of carboxylic acid groups (broad SMARTS) is 1. The minimum atomic E-state index is -0.900. The number of halogens is 1. The largest absolute Gasteiger partial charge is 0.481 e. The minimum absolute atomic E-state index is 0.0378. The SMILES string of the molecule is CCOc1ncc(C(=O)N2CCCC2CC(=O)O)cc1Cl. The highest BCUT2D eigenvalue weighted by atomic mass is 35.5. The summed E-state index contributed by atoms with van der Waals surface area (Å²) >= 11 is 6.03. The Morgan fingerprint density at radius 2 is 2.33 bits per heavy atom. The van der Waals surface area contributed by atoms with Crippen LogP contribution in [0, 0.1) is 0 Å². The molecule has 0 radical (unpaired) electrons. The summed E-state index contributed by atoms with van der Waals surface area (Å²) in [5.41, 5.74) is 0.348. The monoisotopic (exact) mass is 312 g/mol. The molecule has 1 amide bonds. The molecule has 0 spiro atoms. The van der Waals surface area contributed by atoms with Gasteiger partial charge in [-0.25, -0.2) is 4.98 Å². The lowest BCUT2D eigenvalue weighted by atomic mass is 10.1. The topological polar surface area (TPSA) is 79.7 Å². The Morgan fingerprint density at radius 1 is 1.57 bits per heavy atom. The Morgan fingerprint density at radius 3 is 2.95 bits per heavy atom. The van der Waals surface area contributed by atoms with Crippen LogP contribution in [0.15, 0.2) is 12.3 Å². The Balaban J connectivity index is 2.15. The van der Waals surface area contributed by atoms with Crippen molar-refractivity contribution >= 4 is 23.5 Å². The van der Waals surface area contributed by atoms with Gasteiger partial charge in [0.1, 0.15) is 5.02 Å². The van der Waals surface area contributed by atoms with Gasteiger partial charge in [-0.05, 0) is 25.8 Å². The summed E-state index contributed by atoms with van der Waals surface area (Å²) in [6.45, 7) is 2.81. The number of ether oxygens (including phenoxy) is 1. The number of aromatic nitrogens is 1. The molecular formula is C14H17ClN2O4. The Kier molecular flexibility index (Phi) is 5.01. The highest BCUT2D eigenvalue weighted by molar-refractivity contribution is 6.32. The van der Waals surface area contributed by atoms with Crippen molar-refractivity contribution in [3.63, 3.8) is 0 Å². The van der Waals surface area contributed by atoms with Crippen molar-refractivity contribution in [1.29, 1.82) is 0 Å². The van der Waals surface area contributed by atoms with Crippen molar-refractivity contribution in [2.75, 3.05) is 13.2 Å². The molecule has 1 aromatic rings. The van der Waals surface area contributed by atoms with Crippen molar-refractivity contribution in [1.82, 2.24) is 9.88 Å². The van der Waals surface area contributed by atoms with Gasteiger partial charge in [-0.1, -0.05) is 11.6 Å². The van der Waals surface area contributed by atoms with Gasteiger partial charge in [0.25, 0.3) is 5.91 Å². The van der Waals surface area contributed by atoms with Crippen LogP contribution in [0.25, 0.3) is 0 Å². The highest BCUT2D eigenvalue weighted by Gasteiger charge is 2.31. The maximum absolute atomic E-state index is 12.5. The lowest BCUT2D eigenvalue weighted by Crippen LogP contribution is -2.36. The van der Waals surface area contributed by atoms with Crippen LogP contribution in [0.5, 0.6) is 5.88 Å². The molecule has 1 fully saturated rings. The summed E-state index contributed by atoms with van der Waals surface area (Å²) in [7, 11) is 0. The molecule has 21 heavy (non-hydrogen) atoms. The third kappa shape index (κ3) is 3.64. The molecular weight excluding hydrogens is 296 g/mol. The van der Waals surface area contributed by atoms with E-state index in [1.54, 1.807) is 4.90 Å². The van der Waals surface area contributed by atoms with E-state index in [9.17, 15) is 9.59 Å². The number of carbonyl (C=O) groups is 2. The first-order chi connectivity index (χ1) is 10.0. The molecule has 1 saturated heterocycles. The second kappa shape index (κ2) is 6.76. The average molecular weight is 313 g/mol. The van der Waals surface area contributed by atoms with Crippen LogP contribution >= 0.6 is 11.6 Å². The van der Waals surface area contributed by atoms with Gasteiger partial charge in [0.05, 0.1) is 18.6 Å². The minimum Gasteiger partial charge on any atom is -0.481 e. The molecule has 1 atom stereocenters. The van der Waals surface area contributed by atoms with E-state index in [0.717, 1.165) is 6.42 Å². The molecule has 0 aliphatic carbocycles. The number of likely N-dealkylation sites (tertiary alicyclic amines) is 1. The maximum atomic E-state index is 12.5. The van der Waals surface area contributed by atoms with Crippen LogP contribution in [0.4, 0.5) is 0 Å². The van der Waals surface area contributed by atoms with E-state index in [4.69, 9.17) is 21.4 Å². The first-order valence-corrected chi connectivity index (χ1v) is 7.21. The number of hydrogen-bond acceptors (Lipinski definition) is 4. The lowest BCUT2D eigenvalue weighted by Gasteiger charge is -2.23. The first-order valence-electron chi connectivity index (χ1n) is 6.84. The van der Waals surface area contributed by atoms with E-state index in [1.807, 2.05) is 6.92 Å². The standard InChI is InChI=1S/C14H17ClN2O4/c1-2-21-13-11(15)6-9(8-16-13)14(20)17-5-3-4-10(17)7-12(18)19/h6,8,10H,2-5,7H2,1H3,(H,18,19). The van der Waals surface area contributed by atoms with E-state index >= 15 is 0 Å². The van der Waals surface area contributed by atoms with E-state index in [1.165, 1.54) is 12.3 Å². The molecule has 114 valence electrons. The van der Waals surface area contributed by atoms with E-state index < -0.39 is 5.97 Å². The summed E-state index contributed by atoms with van der Waals surface area (Å²) in [6, 6.07) is 1.25. The second-order valence-electron chi connectivity index (χ2n) is 4.84. The zero-order chi connectivity index (χ0) is 15.4. The molecule has 1 aliphatic rings. The van der Waals surface area contributed by atoms with Gasteiger partial charge < -0.3 is 14.7 Å². The van der Waals surface area contributed by atoms with Gasteiger partial charge in [-0.3, -0.25) is 9.59 Å². The molecule has 1 unspecified atom stereocenters. The molecule has 0 aromatic carbocycles. The summed E-state index contributed by atoms with van der Waals surface area (Å²) < 4.78 is 5.22. The summed E-state index contributed by atoms with van der Waals surface area (Å²) in [4.78, 5) is 28.9. The molecule has 2 rings (SSSR count). The van der Waals surface area contributed by atoms with Gasteiger partial charge in [0, 0.05) is 18.8 Å². The predicted molar refractivity (Wildman–Crippen MR) is 76.7 cm³/mol. The van der Waals surface area contributed by atoms with E-state index in [0.29, 0.717) is 31.0 Å². The molecule has 0 bridgehead atoms. The van der Waals surface area contributed by atoms with Crippen LogP contribution in [0.3, 0.4) is 0 Å². The van der Waals surface area contributed by atoms with Crippen molar-refractivity contribution in [2.45, 2.75) is 32.2 Å². The third-order valence-corrected chi connectivity index (χ3v) is 3.65. The second-order valence-corrected chi connectivity index (χ2v) is 5.24. The number of amides is 1. The molecule has 7 heteroatoms. The zero-order valence-electron chi connectivity index (χ0n) is 11.7. The van der Waals surface area contributed by atoms with Crippen LogP contribution in [0.2, 0.25) is 5.02 Å². The number of nitrogens with zero attached hydrogens (tertiary/aromatic N) is 2. The predicted octanol–water partition coefficient (Wildman–Crippen LogP) is 2.21. The molecule has 1 aliphatic heterocycles. The third-order valence-electron chi connectivity index (χ3n) is 3.38. The van der Waals surface area contributed by atoms with Crippen molar-refractivity contribution in [2.24, 2.45) is 0 Å². The summed E-state index contributed by atoms with van der Waals surface area (Å²) in [5.74, 6) is -0.849. The Hall–Kier alpha value is -1.82. The van der Waals surface area contributed by atoms with Crippen molar-refractivity contribution in [3.8, 4) is 5.88 Å². The van der Waals surface area contributed by atoms with E-state index in [-0.39, 0.29) is 23.4 Å². The van der Waals surface area contributed by atoms with Crippen molar-refractivity contribution < 1.29 is 19.4 Å². The average Bonchev–Trinajstić information content (AvgIpc) is 2.87. The van der Waals surface area contributed by atoms with Crippen LogP contribution in [-0.2, 0) is 4.79 Å². The smallest absolute Gasteiger partial charge is 0.305 e. The molecule has 0 saturated carbocycles. The molecule has 1 N–H and O–H groups in total. The first kappa shape index (κ1) is 15.6. The summed E-state index contributed by atoms with van der Waals surface area (Å²) in [6.07, 6.45) is 2.89. The van der Waals surface area contributed by atoms with Gasteiger partial charge in [-0.2, -0.15) is 0 Å².